The Hall–Kier alpha value is -3.55. The second-order valence-electron chi connectivity index (χ2n) is 12.8. The van der Waals surface area contributed by atoms with Crippen molar-refractivity contribution < 1.29 is 33.0 Å². The number of alkyl halides is 1. The van der Waals surface area contributed by atoms with Crippen molar-refractivity contribution in [3.05, 3.63) is 18.0 Å². The molecule has 8 atom stereocenters. The SMILES string of the molecule is C#CC(NC(=O)C1C2C3CC(CC3F)C2CN1C(=O)C(NC(=O)OC(C)C)C(C)(C)C)c1cncc2c1OCCO2. The molecule has 1 saturated heterocycles. The van der Waals surface area contributed by atoms with Crippen molar-refractivity contribution in [2.24, 2.45) is 29.1 Å². The smallest absolute Gasteiger partial charge is 0.408 e. The first-order valence-corrected chi connectivity index (χ1v) is 14.3. The minimum atomic E-state index is -1.02. The summed E-state index contributed by atoms with van der Waals surface area (Å²) in [6, 6.07) is -2.84. The number of terminal acetylenes is 1. The van der Waals surface area contributed by atoms with Gasteiger partial charge < -0.3 is 29.7 Å². The third-order valence-electron chi connectivity index (χ3n) is 8.78. The van der Waals surface area contributed by atoms with E-state index in [2.05, 4.69) is 21.5 Å². The molecule has 2 N–H and O–H groups in total. The number of nitrogens with one attached hydrogen (secondary N) is 2. The molecule has 11 heteroatoms. The largest absolute Gasteiger partial charge is 0.486 e. The predicted molar refractivity (Wildman–Crippen MR) is 147 cm³/mol. The number of fused-ring (bicyclic) bond motifs is 6. The molecule has 4 aliphatic rings. The van der Waals surface area contributed by atoms with Gasteiger partial charge in [-0.2, -0.15) is 0 Å². The summed E-state index contributed by atoms with van der Waals surface area (Å²) in [6.45, 7) is 9.94. The number of likely N-dealkylation sites (tertiary alicyclic amines) is 1. The molecule has 41 heavy (non-hydrogen) atoms. The minimum Gasteiger partial charge on any atom is -0.486 e. The number of ether oxygens (including phenoxy) is 3. The number of nitrogens with zero attached hydrogens (tertiary/aromatic N) is 2. The molecule has 222 valence electrons. The molecule has 5 rings (SSSR count). The first-order valence-electron chi connectivity index (χ1n) is 14.3. The minimum absolute atomic E-state index is 0.0119. The van der Waals surface area contributed by atoms with Crippen LogP contribution < -0.4 is 20.1 Å². The average molecular weight is 571 g/mol. The molecule has 0 aromatic carbocycles. The quantitative estimate of drug-likeness (QED) is 0.505. The fraction of sp³-hybridized carbons (Fsp3) is 0.667. The van der Waals surface area contributed by atoms with Gasteiger partial charge in [0.15, 0.2) is 11.5 Å². The van der Waals surface area contributed by atoms with Crippen LogP contribution in [0, 0.1) is 41.4 Å². The van der Waals surface area contributed by atoms with Gasteiger partial charge in [-0.15, -0.1) is 6.42 Å². The van der Waals surface area contributed by atoms with Crippen LogP contribution in [-0.4, -0.2) is 71.9 Å². The lowest BCUT2D eigenvalue weighted by Gasteiger charge is -2.37. The molecule has 2 aliphatic heterocycles. The molecule has 3 amide bonds. The Morgan fingerprint density at radius 2 is 1.88 bits per heavy atom. The van der Waals surface area contributed by atoms with Crippen LogP contribution in [-0.2, 0) is 14.3 Å². The summed E-state index contributed by atoms with van der Waals surface area (Å²) in [5.74, 6) is 1.98. The maximum atomic E-state index is 15.1. The zero-order chi connectivity index (χ0) is 29.6. The number of alkyl carbamates (subject to hydrolysis) is 1. The monoisotopic (exact) mass is 570 g/mol. The third-order valence-corrected chi connectivity index (χ3v) is 8.78. The van der Waals surface area contributed by atoms with Gasteiger partial charge in [-0.1, -0.05) is 26.7 Å². The van der Waals surface area contributed by atoms with Crippen molar-refractivity contribution in [1.29, 1.82) is 0 Å². The van der Waals surface area contributed by atoms with E-state index < -0.39 is 47.6 Å². The van der Waals surface area contributed by atoms with Crippen molar-refractivity contribution in [3.63, 3.8) is 0 Å². The summed E-state index contributed by atoms with van der Waals surface area (Å²) >= 11 is 0. The summed E-state index contributed by atoms with van der Waals surface area (Å²) in [7, 11) is 0. The highest BCUT2D eigenvalue weighted by molar-refractivity contribution is 5.93. The van der Waals surface area contributed by atoms with Crippen molar-refractivity contribution in [2.75, 3.05) is 19.8 Å². The van der Waals surface area contributed by atoms with E-state index in [1.165, 1.54) is 17.3 Å². The first kappa shape index (κ1) is 29.0. The molecule has 1 aromatic rings. The predicted octanol–water partition coefficient (Wildman–Crippen LogP) is 3.01. The number of aromatic nitrogens is 1. The molecule has 3 heterocycles. The number of rotatable bonds is 6. The van der Waals surface area contributed by atoms with Gasteiger partial charge in [-0.25, -0.2) is 9.18 Å². The lowest BCUT2D eigenvalue weighted by molar-refractivity contribution is -0.143. The van der Waals surface area contributed by atoms with E-state index >= 15 is 4.39 Å². The van der Waals surface area contributed by atoms with Crippen LogP contribution in [0.25, 0.3) is 0 Å². The molecular weight excluding hydrogens is 531 g/mol. The van der Waals surface area contributed by atoms with E-state index in [1.54, 1.807) is 13.8 Å². The molecule has 2 saturated carbocycles. The second-order valence-corrected chi connectivity index (χ2v) is 12.8. The Morgan fingerprint density at radius 3 is 2.56 bits per heavy atom. The Bertz CT molecular complexity index is 1240. The molecular formula is C30H39FN4O6. The van der Waals surface area contributed by atoms with E-state index in [9.17, 15) is 14.4 Å². The molecule has 10 nitrogen and oxygen atoms in total. The van der Waals surface area contributed by atoms with Gasteiger partial charge in [0.1, 0.15) is 37.5 Å². The summed E-state index contributed by atoms with van der Waals surface area (Å²) < 4.78 is 31.7. The third kappa shape index (κ3) is 5.41. The van der Waals surface area contributed by atoms with Crippen LogP contribution in [0.1, 0.15) is 59.1 Å². The molecule has 8 unspecified atom stereocenters. The highest BCUT2D eigenvalue weighted by Gasteiger charge is 2.63. The van der Waals surface area contributed by atoms with E-state index in [0.717, 1.165) is 0 Å². The summed E-state index contributed by atoms with van der Waals surface area (Å²) in [6.07, 6.45) is 7.95. The average Bonchev–Trinajstić information content (AvgIpc) is 3.59. The number of halogens is 1. The Morgan fingerprint density at radius 1 is 1.15 bits per heavy atom. The van der Waals surface area contributed by atoms with Crippen LogP contribution in [0.15, 0.2) is 12.4 Å². The van der Waals surface area contributed by atoms with Crippen LogP contribution in [0.3, 0.4) is 0 Å². The van der Waals surface area contributed by atoms with Gasteiger partial charge in [0.2, 0.25) is 11.8 Å². The Kier molecular flexibility index (Phi) is 7.79. The maximum absolute atomic E-state index is 15.1. The fourth-order valence-electron chi connectivity index (χ4n) is 7.09. The van der Waals surface area contributed by atoms with Gasteiger partial charge in [-0.05, 0) is 55.8 Å². The summed E-state index contributed by atoms with van der Waals surface area (Å²) in [5, 5.41) is 5.63. The van der Waals surface area contributed by atoms with Crippen molar-refractivity contribution in [3.8, 4) is 23.8 Å². The molecule has 0 spiro atoms. The van der Waals surface area contributed by atoms with E-state index in [0.29, 0.717) is 49.7 Å². The number of amides is 3. The topological polar surface area (TPSA) is 119 Å². The number of hydrogen-bond acceptors (Lipinski definition) is 7. The van der Waals surface area contributed by atoms with Crippen LogP contribution in [0.2, 0.25) is 0 Å². The van der Waals surface area contributed by atoms with Gasteiger partial charge in [0.25, 0.3) is 0 Å². The van der Waals surface area contributed by atoms with Crippen LogP contribution >= 0.6 is 0 Å². The molecule has 0 radical (unpaired) electrons. The highest BCUT2D eigenvalue weighted by atomic mass is 19.1. The molecule has 2 aliphatic carbocycles. The number of carbonyl (C=O) groups excluding carboxylic acids is 3. The zero-order valence-corrected chi connectivity index (χ0v) is 24.2. The lowest BCUT2D eigenvalue weighted by atomic mass is 9.77. The van der Waals surface area contributed by atoms with Crippen molar-refractivity contribution in [2.45, 2.75) is 77.9 Å². The van der Waals surface area contributed by atoms with E-state index in [-0.39, 0.29) is 29.8 Å². The van der Waals surface area contributed by atoms with Crippen molar-refractivity contribution in [1.82, 2.24) is 20.5 Å². The standard InChI is InChI=1S/C30H39FN4O6/c1-7-21(18-12-32-13-22-25(18)40-9-8-39-22)33-27(36)24-23-17-10-16(11-20(17)31)19(23)14-35(24)28(37)26(30(4,5)6)34-29(38)41-15(2)3/h1,12-13,15-17,19-21,23-24,26H,8-11,14H2,2-6H3,(H,33,36)(H,34,38). The second kappa shape index (κ2) is 11.0. The van der Waals surface area contributed by atoms with Gasteiger partial charge in [-0.3, -0.25) is 14.6 Å². The molecule has 3 fully saturated rings. The van der Waals surface area contributed by atoms with Crippen LogP contribution in [0.4, 0.5) is 9.18 Å². The lowest BCUT2D eigenvalue weighted by Crippen LogP contribution is -2.59. The van der Waals surface area contributed by atoms with Gasteiger partial charge >= 0.3 is 6.09 Å². The van der Waals surface area contributed by atoms with Gasteiger partial charge in [0.05, 0.1) is 17.9 Å². The number of pyridine rings is 1. The van der Waals surface area contributed by atoms with Crippen molar-refractivity contribution >= 4 is 17.9 Å². The maximum Gasteiger partial charge on any atom is 0.408 e. The Labute approximate surface area is 240 Å². The normalized spacial score (nSPS) is 29.4. The summed E-state index contributed by atoms with van der Waals surface area (Å²) in [4.78, 5) is 46.6. The zero-order valence-electron chi connectivity index (χ0n) is 24.2. The van der Waals surface area contributed by atoms with E-state index in [4.69, 9.17) is 20.6 Å². The van der Waals surface area contributed by atoms with E-state index in [1.807, 2.05) is 20.8 Å². The summed E-state index contributed by atoms with van der Waals surface area (Å²) in [5.41, 5.74) is -0.228. The molecule has 1 aromatic heterocycles. The highest BCUT2D eigenvalue weighted by Crippen LogP contribution is 2.58. The number of carbonyl (C=O) groups is 3. The molecule has 2 bridgehead atoms. The van der Waals surface area contributed by atoms with Gasteiger partial charge in [0, 0.05) is 12.7 Å². The fourth-order valence-corrected chi connectivity index (χ4v) is 7.09. The first-order chi connectivity index (χ1) is 19.4. The van der Waals surface area contributed by atoms with Crippen LogP contribution in [0.5, 0.6) is 11.5 Å². The number of hydrogen-bond donors (Lipinski definition) is 2. The Balaban J connectivity index is 1.45.